The van der Waals surface area contributed by atoms with Crippen molar-refractivity contribution in [3.05, 3.63) is 29.4 Å². The van der Waals surface area contributed by atoms with Gasteiger partial charge in [-0.15, -0.1) is 11.6 Å². The van der Waals surface area contributed by atoms with Gasteiger partial charge in [-0.05, 0) is 6.08 Å². The Bertz CT molecular complexity index is 198. The van der Waals surface area contributed by atoms with Crippen LogP contribution in [0.15, 0.2) is 24.0 Å². The van der Waals surface area contributed by atoms with Crippen LogP contribution in [-0.4, -0.2) is 12.9 Å². The van der Waals surface area contributed by atoms with Crippen molar-refractivity contribution in [1.82, 2.24) is 0 Å². The number of fused-ring (bicyclic) bond motifs is 1. The predicted molar refractivity (Wildman–Crippen MR) is 37.1 cm³/mol. The molecule has 2 nitrogen and oxygen atoms in total. The molecule has 1 heterocycles. The number of rotatable bonds is 0. The molecule has 0 aromatic heterocycles. The summed E-state index contributed by atoms with van der Waals surface area (Å²) in [5.74, 6) is 0.813. The number of hydrogen-bond donors (Lipinski definition) is 0. The SMILES string of the molecule is Cl[C]1C=CC=C2OCOC12. The molecule has 1 saturated heterocycles. The summed E-state index contributed by atoms with van der Waals surface area (Å²) in [6.45, 7) is 0.314. The van der Waals surface area contributed by atoms with Crippen molar-refractivity contribution in [2.75, 3.05) is 6.79 Å². The van der Waals surface area contributed by atoms with E-state index in [9.17, 15) is 0 Å². The highest BCUT2D eigenvalue weighted by Crippen LogP contribution is 2.31. The molecule has 0 spiro atoms. The highest BCUT2D eigenvalue weighted by Gasteiger charge is 2.31. The zero-order chi connectivity index (χ0) is 6.97. The van der Waals surface area contributed by atoms with Gasteiger partial charge in [0.15, 0.2) is 6.79 Å². The zero-order valence-corrected chi connectivity index (χ0v) is 5.97. The minimum absolute atomic E-state index is 0.133. The van der Waals surface area contributed by atoms with Crippen LogP contribution >= 0.6 is 11.6 Å². The van der Waals surface area contributed by atoms with Gasteiger partial charge in [-0.2, -0.15) is 0 Å². The third-order valence-electron chi connectivity index (χ3n) is 1.49. The zero-order valence-electron chi connectivity index (χ0n) is 5.21. The van der Waals surface area contributed by atoms with Crippen molar-refractivity contribution >= 4 is 11.6 Å². The summed E-state index contributed by atoms with van der Waals surface area (Å²) < 4.78 is 10.3. The highest BCUT2D eigenvalue weighted by atomic mass is 35.5. The fourth-order valence-electron chi connectivity index (χ4n) is 1.00. The Morgan fingerprint density at radius 1 is 1.60 bits per heavy atom. The Hall–Kier alpha value is -0.470. The van der Waals surface area contributed by atoms with E-state index >= 15 is 0 Å². The van der Waals surface area contributed by atoms with Crippen LogP contribution in [0, 0.1) is 5.38 Å². The molecule has 1 aliphatic carbocycles. The second kappa shape index (κ2) is 2.29. The summed E-state index contributed by atoms with van der Waals surface area (Å²) in [6.07, 6.45) is 5.39. The molecule has 1 fully saturated rings. The first-order valence-electron chi connectivity index (χ1n) is 3.03. The molecule has 0 saturated carbocycles. The van der Waals surface area contributed by atoms with Crippen molar-refractivity contribution in [1.29, 1.82) is 0 Å². The van der Waals surface area contributed by atoms with E-state index in [1.165, 1.54) is 0 Å². The molecule has 2 rings (SSSR count). The van der Waals surface area contributed by atoms with E-state index in [2.05, 4.69) is 0 Å². The van der Waals surface area contributed by atoms with Gasteiger partial charge in [0.05, 0.1) is 0 Å². The molecule has 0 aromatic rings. The lowest BCUT2D eigenvalue weighted by atomic mass is 10.1. The summed E-state index contributed by atoms with van der Waals surface area (Å²) in [5.41, 5.74) is 0. The molecule has 3 heteroatoms. The highest BCUT2D eigenvalue weighted by molar-refractivity contribution is 6.29. The maximum atomic E-state index is 5.80. The lowest BCUT2D eigenvalue weighted by molar-refractivity contribution is 0.0585. The first-order valence-corrected chi connectivity index (χ1v) is 3.41. The Kier molecular flexibility index (Phi) is 1.43. The Balaban J connectivity index is 2.25. The molecule has 1 radical (unpaired) electrons. The number of hydrogen-bond acceptors (Lipinski definition) is 2. The Labute approximate surface area is 64.1 Å². The molecule has 10 heavy (non-hydrogen) atoms. The number of halogens is 1. The van der Waals surface area contributed by atoms with Crippen molar-refractivity contribution < 1.29 is 9.47 Å². The monoisotopic (exact) mass is 157 g/mol. The maximum Gasteiger partial charge on any atom is 0.189 e. The fraction of sp³-hybridized carbons (Fsp3) is 0.286. The van der Waals surface area contributed by atoms with Crippen LogP contribution in [0.2, 0.25) is 0 Å². The molecule has 0 aromatic carbocycles. The van der Waals surface area contributed by atoms with Crippen molar-refractivity contribution in [2.45, 2.75) is 6.10 Å². The quantitative estimate of drug-likeness (QED) is 0.532. The van der Waals surface area contributed by atoms with Crippen LogP contribution in [0.3, 0.4) is 0 Å². The van der Waals surface area contributed by atoms with Gasteiger partial charge in [0.25, 0.3) is 0 Å². The summed E-state index contributed by atoms with van der Waals surface area (Å²) in [7, 11) is 0. The van der Waals surface area contributed by atoms with E-state index in [0.29, 0.717) is 12.2 Å². The van der Waals surface area contributed by atoms with Crippen LogP contribution < -0.4 is 0 Å². The predicted octanol–water partition coefficient (Wildman–Crippen LogP) is 1.58. The third-order valence-corrected chi connectivity index (χ3v) is 1.81. The largest absolute Gasteiger partial charge is 0.469 e. The van der Waals surface area contributed by atoms with Crippen LogP contribution in [0.1, 0.15) is 0 Å². The second-order valence-corrected chi connectivity index (χ2v) is 2.56. The van der Waals surface area contributed by atoms with Crippen molar-refractivity contribution in [3.63, 3.8) is 0 Å². The van der Waals surface area contributed by atoms with Gasteiger partial charge in [0, 0.05) is 0 Å². The topological polar surface area (TPSA) is 18.5 Å². The first kappa shape index (κ1) is 6.25. The van der Waals surface area contributed by atoms with E-state index in [1.807, 2.05) is 18.2 Å². The van der Waals surface area contributed by atoms with Gasteiger partial charge in [-0.3, -0.25) is 0 Å². The van der Waals surface area contributed by atoms with Crippen LogP contribution in [0.4, 0.5) is 0 Å². The van der Waals surface area contributed by atoms with Gasteiger partial charge >= 0.3 is 0 Å². The molecule has 2 aliphatic rings. The summed E-state index contributed by atoms with van der Waals surface area (Å²) in [6, 6.07) is 0. The van der Waals surface area contributed by atoms with Gasteiger partial charge in [0.2, 0.25) is 0 Å². The summed E-state index contributed by atoms with van der Waals surface area (Å²) in [4.78, 5) is 0. The normalized spacial score (nSPS) is 31.3. The van der Waals surface area contributed by atoms with Crippen molar-refractivity contribution in [3.8, 4) is 0 Å². The van der Waals surface area contributed by atoms with E-state index < -0.39 is 0 Å². The summed E-state index contributed by atoms with van der Waals surface area (Å²) in [5, 5.41) is 0.690. The Morgan fingerprint density at radius 3 is 3.30 bits per heavy atom. The second-order valence-electron chi connectivity index (χ2n) is 2.12. The third kappa shape index (κ3) is 0.842. The molecule has 1 aliphatic heterocycles. The first-order chi connectivity index (χ1) is 4.88. The molecule has 1 atom stereocenters. The smallest absolute Gasteiger partial charge is 0.189 e. The molecule has 0 bridgehead atoms. The van der Waals surface area contributed by atoms with Crippen LogP contribution in [0.5, 0.6) is 0 Å². The van der Waals surface area contributed by atoms with Crippen LogP contribution in [-0.2, 0) is 9.47 Å². The van der Waals surface area contributed by atoms with Gasteiger partial charge in [-0.1, -0.05) is 12.2 Å². The molecule has 1 unspecified atom stereocenters. The average Bonchev–Trinajstić information content (AvgIpc) is 2.36. The van der Waals surface area contributed by atoms with Crippen molar-refractivity contribution in [2.24, 2.45) is 0 Å². The summed E-state index contributed by atoms with van der Waals surface area (Å²) >= 11 is 5.80. The van der Waals surface area contributed by atoms with E-state index in [1.54, 1.807) is 0 Å². The maximum absolute atomic E-state index is 5.80. The van der Waals surface area contributed by atoms with Gasteiger partial charge < -0.3 is 9.47 Å². The van der Waals surface area contributed by atoms with Crippen LogP contribution in [0.25, 0.3) is 0 Å². The number of ether oxygens (including phenoxy) is 2. The standard InChI is InChI=1S/C7H6ClO2/c8-5-2-1-3-6-7(5)10-4-9-6/h1-3,7H,4H2. The molecular weight excluding hydrogens is 152 g/mol. The number of allylic oxidation sites excluding steroid dienone is 2. The minimum Gasteiger partial charge on any atom is -0.469 e. The molecule has 0 N–H and O–H groups in total. The molecule has 53 valence electrons. The van der Waals surface area contributed by atoms with E-state index in [-0.39, 0.29) is 6.10 Å². The lowest BCUT2D eigenvalue weighted by Gasteiger charge is -2.13. The average molecular weight is 158 g/mol. The molecule has 0 amide bonds. The van der Waals surface area contributed by atoms with Gasteiger partial charge in [0.1, 0.15) is 17.2 Å². The molecular formula is C7H6ClO2. The van der Waals surface area contributed by atoms with E-state index in [0.717, 1.165) is 5.76 Å². The lowest BCUT2D eigenvalue weighted by Crippen LogP contribution is -2.14. The Morgan fingerprint density at radius 2 is 2.50 bits per heavy atom. The minimum atomic E-state index is -0.133. The fourth-order valence-corrected chi connectivity index (χ4v) is 1.24. The van der Waals surface area contributed by atoms with Gasteiger partial charge in [-0.25, -0.2) is 0 Å². The van der Waals surface area contributed by atoms with E-state index in [4.69, 9.17) is 21.1 Å².